The summed E-state index contributed by atoms with van der Waals surface area (Å²) in [6.07, 6.45) is 0. The molecule has 0 spiro atoms. The first-order valence-electron chi connectivity index (χ1n) is 8.10. The number of carbonyl (C=O) groups excluding carboxylic acids is 1. The van der Waals surface area contributed by atoms with Crippen LogP contribution in [0.15, 0.2) is 51.7 Å². The molecule has 10 heteroatoms. The van der Waals surface area contributed by atoms with Crippen LogP contribution < -0.4 is 16.2 Å². The number of fused-ring (bicyclic) bond motifs is 2. The van der Waals surface area contributed by atoms with Crippen molar-refractivity contribution >= 4 is 76.9 Å². The number of hydrogen-bond acceptors (Lipinski definition) is 6. The van der Waals surface area contributed by atoms with Crippen LogP contribution in [0.3, 0.4) is 0 Å². The smallest absolute Gasteiger partial charge is 0.284 e. The zero-order valence-electron chi connectivity index (χ0n) is 14.4. The lowest BCUT2D eigenvalue weighted by Crippen LogP contribution is -2.42. The molecule has 0 fully saturated rings. The molecule has 28 heavy (non-hydrogen) atoms. The van der Waals surface area contributed by atoms with Crippen molar-refractivity contribution in [3.05, 3.63) is 63.1 Å². The summed E-state index contributed by atoms with van der Waals surface area (Å²) in [5.41, 5.74) is 1.00. The van der Waals surface area contributed by atoms with Gasteiger partial charge in [-0.25, -0.2) is 19.3 Å². The first-order chi connectivity index (χ1) is 13.4. The molecule has 2 N–H and O–H groups in total. The number of hydrogen-bond donors (Lipinski definition) is 2. The minimum absolute atomic E-state index is 0.0551. The van der Waals surface area contributed by atoms with Gasteiger partial charge in [0.15, 0.2) is 10.2 Å². The molecule has 0 atom stereocenters. The van der Waals surface area contributed by atoms with Gasteiger partial charge in [0.25, 0.3) is 5.56 Å². The number of para-hydroxylation sites is 2. The van der Waals surface area contributed by atoms with E-state index in [1.165, 1.54) is 15.9 Å². The van der Waals surface area contributed by atoms with Gasteiger partial charge < -0.3 is 0 Å². The molecule has 0 saturated heterocycles. The molecule has 4 rings (SSSR count). The number of thiazole rings is 1. The summed E-state index contributed by atoms with van der Waals surface area (Å²) >= 11 is 10.0. The van der Waals surface area contributed by atoms with E-state index in [1.807, 2.05) is 18.2 Å². The second-order valence-electron chi connectivity index (χ2n) is 5.81. The molecule has 0 aliphatic carbocycles. The van der Waals surface area contributed by atoms with Crippen LogP contribution in [0, 0.1) is 6.92 Å². The van der Waals surface area contributed by atoms with Gasteiger partial charge in [0.05, 0.1) is 21.1 Å². The Balaban J connectivity index is 1.58. The van der Waals surface area contributed by atoms with Crippen molar-refractivity contribution in [2.45, 2.75) is 6.92 Å². The van der Waals surface area contributed by atoms with Gasteiger partial charge in [-0.1, -0.05) is 29.5 Å². The summed E-state index contributed by atoms with van der Waals surface area (Å²) in [5, 5.41) is 5.95. The Hall–Kier alpha value is -2.69. The third kappa shape index (κ3) is 3.41. The molecular formula is C18H12BrN5O2S2. The standard InChI is InChI=1S/C18H12BrN5O2S2/c1-9-20-12-7-3-2-5-10(12)15(25)24(9)18(27)23-16(26)22-17-21-14-11(19)6-4-8-13(14)28-17/h2-8H,1H3,(H2,21,22,23,26,27). The number of carbonyl (C=O) groups is 1. The average molecular weight is 474 g/mol. The Labute approximate surface area is 176 Å². The lowest BCUT2D eigenvalue weighted by molar-refractivity contribution is 0.256. The van der Waals surface area contributed by atoms with Gasteiger partial charge >= 0.3 is 6.03 Å². The third-order valence-electron chi connectivity index (χ3n) is 3.96. The van der Waals surface area contributed by atoms with E-state index in [2.05, 4.69) is 36.5 Å². The maximum absolute atomic E-state index is 12.7. The highest BCUT2D eigenvalue weighted by Crippen LogP contribution is 2.30. The van der Waals surface area contributed by atoms with Crippen molar-refractivity contribution in [1.29, 1.82) is 0 Å². The number of rotatable bonds is 1. The number of amides is 2. The van der Waals surface area contributed by atoms with Crippen molar-refractivity contribution in [1.82, 2.24) is 19.9 Å². The molecule has 2 aromatic heterocycles. The predicted octanol–water partition coefficient (Wildman–Crippen LogP) is 4.03. The van der Waals surface area contributed by atoms with E-state index < -0.39 is 6.03 Å². The molecule has 140 valence electrons. The topological polar surface area (TPSA) is 88.9 Å². The minimum atomic E-state index is -0.584. The van der Waals surface area contributed by atoms with Crippen LogP contribution in [0.1, 0.15) is 5.82 Å². The lowest BCUT2D eigenvalue weighted by atomic mass is 10.2. The Morgan fingerprint density at radius 3 is 2.75 bits per heavy atom. The van der Waals surface area contributed by atoms with Gasteiger partial charge in [0, 0.05) is 4.47 Å². The van der Waals surface area contributed by atoms with Gasteiger partial charge in [-0.3, -0.25) is 15.4 Å². The summed E-state index contributed by atoms with van der Waals surface area (Å²) in [5.74, 6) is 0.387. The van der Waals surface area contributed by atoms with Gasteiger partial charge in [-0.05, 0) is 59.3 Å². The van der Waals surface area contributed by atoms with Crippen molar-refractivity contribution < 1.29 is 4.79 Å². The monoisotopic (exact) mass is 473 g/mol. The summed E-state index contributed by atoms with van der Waals surface area (Å²) in [4.78, 5) is 33.8. The van der Waals surface area contributed by atoms with Crippen molar-refractivity contribution in [3.8, 4) is 0 Å². The maximum Gasteiger partial charge on any atom is 0.327 e. The minimum Gasteiger partial charge on any atom is -0.284 e. The molecule has 7 nitrogen and oxygen atoms in total. The molecule has 0 bridgehead atoms. The highest BCUT2D eigenvalue weighted by Gasteiger charge is 2.15. The molecule has 2 heterocycles. The van der Waals surface area contributed by atoms with Crippen LogP contribution in [0.5, 0.6) is 0 Å². The molecule has 0 unspecified atom stereocenters. The number of nitrogens with zero attached hydrogens (tertiary/aromatic N) is 3. The first-order valence-corrected chi connectivity index (χ1v) is 10.1. The van der Waals surface area contributed by atoms with Crippen LogP contribution in [-0.2, 0) is 0 Å². The fourth-order valence-electron chi connectivity index (χ4n) is 2.73. The van der Waals surface area contributed by atoms with E-state index in [4.69, 9.17) is 12.2 Å². The summed E-state index contributed by atoms with van der Waals surface area (Å²) < 4.78 is 2.97. The van der Waals surface area contributed by atoms with Crippen LogP contribution in [0.2, 0.25) is 0 Å². The molecule has 0 aliphatic rings. The van der Waals surface area contributed by atoms with Gasteiger partial charge in [-0.2, -0.15) is 0 Å². The van der Waals surface area contributed by atoms with Crippen LogP contribution in [0.4, 0.5) is 9.93 Å². The summed E-state index contributed by atoms with van der Waals surface area (Å²) in [6, 6.07) is 12.1. The van der Waals surface area contributed by atoms with Crippen molar-refractivity contribution in [3.63, 3.8) is 0 Å². The molecule has 0 saturated carbocycles. The van der Waals surface area contributed by atoms with E-state index >= 15 is 0 Å². The largest absolute Gasteiger partial charge is 0.327 e. The zero-order valence-corrected chi connectivity index (χ0v) is 17.6. The number of nitrogens with one attached hydrogen (secondary N) is 2. The zero-order chi connectivity index (χ0) is 19.8. The van der Waals surface area contributed by atoms with Crippen LogP contribution in [0.25, 0.3) is 21.1 Å². The third-order valence-corrected chi connectivity index (χ3v) is 5.82. The molecular weight excluding hydrogens is 462 g/mol. The number of halogens is 1. The van der Waals surface area contributed by atoms with Crippen molar-refractivity contribution in [2.24, 2.45) is 0 Å². The Kier molecular flexibility index (Phi) is 4.92. The second-order valence-corrected chi connectivity index (χ2v) is 8.08. The summed E-state index contributed by atoms with van der Waals surface area (Å²) in [6.45, 7) is 1.66. The molecule has 0 radical (unpaired) electrons. The highest BCUT2D eigenvalue weighted by atomic mass is 79.9. The predicted molar refractivity (Wildman–Crippen MR) is 118 cm³/mol. The normalized spacial score (nSPS) is 10.9. The van der Waals surface area contributed by atoms with E-state index in [0.29, 0.717) is 21.9 Å². The maximum atomic E-state index is 12.7. The number of anilines is 1. The Morgan fingerprint density at radius 1 is 1.18 bits per heavy atom. The number of benzene rings is 2. The highest BCUT2D eigenvalue weighted by molar-refractivity contribution is 9.10. The van der Waals surface area contributed by atoms with E-state index in [9.17, 15) is 9.59 Å². The molecule has 4 aromatic rings. The van der Waals surface area contributed by atoms with Crippen LogP contribution >= 0.6 is 39.5 Å². The average Bonchev–Trinajstić information content (AvgIpc) is 3.05. The Bertz CT molecular complexity index is 1310. The van der Waals surface area contributed by atoms with E-state index in [0.717, 1.165) is 14.7 Å². The van der Waals surface area contributed by atoms with E-state index in [1.54, 1.807) is 31.2 Å². The SMILES string of the molecule is Cc1nc2ccccc2c(=O)n1C(=S)NC(=O)Nc1nc2c(Br)cccc2s1. The number of aryl methyl sites for hydroxylation is 1. The summed E-state index contributed by atoms with van der Waals surface area (Å²) in [7, 11) is 0. The lowest BCUT2D eigenvalue weighted by Gasteiger charge is -2.12. The first kappa shape index (κ1) is 18.7. The molecule has 2 aromatic carbocycles. The van der Waals surface area contributed by atoms with Crippen molar-refractivity contribution in [2.75, 3.05) is 5.32 Å². The second kappa shape index (κ2) is 7.38. The van der Waals surface area contributed by atoms with Gasteiger partial charge in [-0.15, -0.1) is 0 Å². The number of aromatic nitrogens is 3. The van der Waals surface area contributed by atoms with Gasteiger partial charge in [0.2, 0.25) is 0 Å². The Morgan fingerprint density at radius 2 is 1.96 bits per heavy atom. The molecule has 0 aliphatic heterocycles. The fraction of sp³-hybridized carbons (Fsp3) is 0.0556. The quantitative estimate of drug-likeness (QED) is 0.407. The van der Waals surface area contributed by atoms with Gasteiger partial charge in [0.1, 0.15) is 5.82 Å². The van der Waals surface area contributed by atoms with Crippen LogP contribution in [-0.4, -0.2) is 25.7 Å². The van der Waals surface area contributed by atoms with E-state index in [-0.39, 0.29) is 10.7 Å². The molecule has 2 amide bonds. The number of thiocarbonyl (C=S) groups is 1. The fourth-order valence-corrected chi connectivity index (χ4v) is 4.51. The number of urea groups is 1.